The minimum absolute atomic E-state index is 0. The maximum Gasteiger partial charge on any atom is 1.00 e. The number of carbonyl (C=O) groups excluding carboxylic acids is 2. The molecule has 1 aliphatic carbocycles. The first-order valence-corrected chi connectivity index (χ1v) is 7.37. The number of ether oxygens (including phenoxy) is 1. The van der Waals surface area contributed by atoms with Crippen molar-refractivity contribution in [3.05, 3.63) is 59.0 Å². The molecule has 0 atom stereocenters. The Kier molecular flexibility index (Phi) is 6.84. The predicted molar refractivity (Wildman–Crippen MR) is 86.2 cm³/mol. The Balaban J connectivity index is 0.00000225. The Labute approximate surface area is 192 Å². The van der Waals surface area contributed by atoms with Gasteiger partial charge in [-0.3, -0.25) is 0 Å². The summed E-state index contributed by atoms with van der Waals surface area (Å²) in [5.74, 6) is -1.60. The van der Waals surface area contributed by atoms with Gasteiger partial charge in [-0.1, -0.05) is 11.6 Å². The van der Waals surface area contributed by atoms with Gasteiger partial charge in [0, 0.05) is 30.1 Å². The second-order valence-electron chi connectivity index (χ2n) is 5.52. The van der Waals surface area contributed by atoms with Gasteiger partial charge < -0.3 is 19.8 Å². The van der Waals surface area contributed by atoms with Crippen LogP contribution >= 0.6 is 0 Å². The summed E-state index contributed by atoms with van der Waals surface area (Å²) >= 11 is 0. The summed E-state index contributed by atoms with van der Waals surface area (Å²) in [6.07, 6.45) is 7.17. The topological polar surface area (TPSA) is 85.0 Å². The maximum atomic E-state index is 13.1. The van der Waals surface area contributed by atoms with E-state index in [9.17, 15) is 14.0 Å². The number of hydrogen-bond acceptors (Lipinski definition) is 4. The molecule has 0 radical (unpaired) electrons. The molecule has 0 fully saturated rings. The number of nitrogens with zero attached hydrogens (tertiary/aromatic N) is 2. The Hall–Kier alpha value is -1.15. The third-order valence-electron chi connectivity index (χ3n) is 3.96. The molecule has 25 heavy (non-hydrogen) atoms. The van der Waals surface area contributed by atoms with Crippen LogP contribution in [0, 0.1) is 0 Å². The molecule has 0 bridgehead atoms. The molecule has 2 aromatic rings. The molecule has 6 nitrogen and oxygen atoms in total. The molecule has 1 N–H and O–H groups in total. The SMILES string of the molecule is COC(=O)c1cc2c(C([NH-])=O)cn(CC3=CC=C(F)CC3)c2cn1.[Rb+]. The number of nitrogens with one attached hydrogen (secondary N) is 1. The Morgan fingerprint density at radius 2 is 2.12 bits per heavy atom. The largest absolute Gasteiger partial charge is 1.00 e. The summed E-state index contributed by atoms with van der Waals surface area (Å²) < 4.78 is 19.5. The molecule has 0 saturated heterocycles. The summed E-state index contributed by atoms with van der Waals surface area (Å²) in [5.41, 5.74) is 9.33. The third-order valence-corrected chi connectivity index (χ3v) is 3.96. The normalized spacial score (nSPS) is 13.7. The van der Waals surface area contributed by atoms with E-state index in [1.807, 2.05) is 0 Å². The van der Waals surface area contributed by atoms with Gasteiger partial charge in [0.2, 0.25) is 0 Å². The van der Waals surface area contributed by atoms with Crippen molar-refractivity contribution < 1.29 is 76.9 Å². The molecule has 0 aliphatic heterocycles. The average Bonchev–Trinajstić information content (AvgIpc) is 2.94. The van der Waals surface area contributed by atoms with Crippen molar-refractivity contribution >= 4 is 22.8 Å². The van der Waals surface area contributed by atoms with Crippen LogP contribution in [0.4, 0.5) is 4.39 Å². The number of esters is 1. The number of methoxy groups -OCH3 is 1. The van der Waals surface area contributed by atoms with E-state index in [1.165, 1.54) is 25.4 Å². The van der Waals surface area contributed by atoms with Gasteiger partial charge in [0.15, 0.2) is 0 Å². The van der Waals surface area contributed by atoms with Crippen LogP contribution < -0.4 is 58.2 Å². The molecule has 2 heterocycles. The molecule has 2 aromatic heterocycles. The van der Waals surface area contributed by atoms with E-state index >= 15 is 0 Å². The molecule has 1 amide bonds. The van der Waals surface area contributed by atoms with Crippen molar-refractivity contribution in [2.24, 2.45) is 0 Å². The number of carbonyl (C=O) groups is 2. The van der Waals surface area contributed by atoms with Crippen molar-refractivity contribution in [2.45, 2.75) is 19.4 Å². The molecule has 124 valence electrons. The van der Waals surface area contributed by atoms with Gasteiger partial charge in [-0.2, -0.15) is 0 Å². The third kappa shape index (κ3) is 4.34. The summed E-state index contributed by atoms with van der Waals surface area (Å²) in [6.45, 7) is 0.465. The molecular weight excluding hydrogens is 399 g/mol. The molecule has 0 spiro atoms. The van der Waals surface area contributed by atoms with Crippen LogP contribution in [0.5, 0.6) is 0 Å². The van der Waals surface area contributed by atoms with E-state index in [0.717, 1.165) is 5.57 Å². The second-order valence-corrected chi connectivity index (χ2v) is 5.52. The fraction of sp³-hybridized carbons (Fsp3) is 0.235. The maximum absolute atomic E-state index is 13.1. The predicted octanol–water partition coefficient (Wildman–Crippen LogP) is 0.593. The number of aromatic nitrogens is 2. The second kappa shape index (κ2) is 8.48. The average molecular weight is 414 g/mol. The molecular formula is C17H15FN3O3Rb. The van der Waals surface area contributed by atoms with Crippen LogP contribution in [0.25, 0.3) is 16.6 Å². The van der Waals surface area contributed by atoms with E-state index in [-0.39, 0.29) is 75.3 Å². The van der Waals surface area contributed by atoms with Gasteiger partial charge in [-0.25, -0.2) is 14.2 Å². The quantitative estimate of drug-likeness (QED) is 0.687. The molecule has 0 unspecified atom stereocenters. The standard InChI is InChI=1S/C17H16FN3O3.Rb/c1-24-17(23)14-6-12-13(16(19)22)9-21(15(12)7-20-14)8-10-2-4-11(18)5-3-10;/h2,4,6-7,9H,3,5,8H2,1H3,(H2,19,22);/q;+1/p-1. The summed E-state index contributed by atoms with van der Waals surface area (Å²) in [6, 6.07) is 1.45. The number of allylic oxidation sites excluding steroid dienone is 4. The van der Waals surface area contributed by atoms with Crippen molar-refractivity contribution in [2.75, 3.05) is 7.11 Å². The smallest absolute Gasteiger partial charge is 0.663 e. The molecule has 0 saturated carbocycles. The molecule has 0 aromatic carbocycles. The number of hydrogen-bond donors (Lipinski definition) is 0. The van der Waals surface area contributed by atoms with Crippen LogP contribution in [0.15, 0.2) is 42.0 Å². The first kappa shape index (κ1) is 20.2. The number of rotatable bonds is 4. The van der Waals surface area contributed by atoms with Crippen molar-refractivity contribution in [1.29, 1.82) is 0 Å². The number of amides is 1. The number of halogens is 1. The van der Waals surface area contributed by atoms with Gasteiger partial charge in [-0.15, -0.1) is 0 Å². The Morgan fingerprint density at radius 1 is 1.36 bits per heavy atom. The first-order valence-electron chi connectivity index (χ1n) is 7.37. The Morgan fingerprint density at radius 3 is 2.72 bits per heavy atom. The number of pyridine rings is 1. The van der Waals surface area contributed by atoms with Crippen LogP contribution in [0.2, 0.25) is 0 Å². The zero-order valence-electron chi connectivity index (χ0n) is 14.0. The van der Waals surface area contributed by atoms with Crippen LogP contribution in [-0.2, 0) is 11.3 Å². The summed E-state index contributed by atoms with van der Waals surface area (Å²) in [7, 11) is 1.25. The summed E-state index contributed by atoms with van der Waals surface area (Å²) in [4.78, 5) is 27.3. The minimum Gasteiger partial charge on any atom is -0.663 e. The van der Waals surface area contributed by atoms with Crippen LogP contribution in [0.1, 0.15) is 33.7 Å². The van der Waals surface area contributed by atoms with Gasteiger partial charge in [-0.05, 0) is 18.6 Å². The molecule has 1 aliphatic rings. The Bertz CT molecular complexity index is 902. The van der Waals surface area contributed by atoms with E-state index in [0.29, 0.717) is 30.3 Å². The number of fused-ring (bicyclic) bond motifs is 1. The van der Waals surface area contributed by atoms with E-state index < -0.39 is 11.9 Å². The van der Waals surface area contributed by atoms with Crippen molar-refractivity contribution in [3.63, 3.8) is 0 Å². The fourth-order valence-corrected chi connectivity index (χ4v) is 2.72. The van der Waals surface area contributed by atoms with Crippen molar-refractivity contribution in [3.8, 4) is 0 Å². The van der Waals surface area contributed by atoms with Gasteiger partial charge >= 0.3 is 64.2 Å². The monoisotopic (exact) mass is 413 g/mol. The van der Waals surface area contributed by atoms with Crippen molar-refractivity contribution in [1.82, 2.24) is 9.55 Å². The molecule has 3 rings (SSSR count). The van der Waals surface area contributed by atoms with E-state index in [1.54, 1.807) is 16.8 Å². The van der Waals surface area contributed by atoms with E-state index in [2.05, 4.69) is 9.72 Å². The van der Waals surface area contributed by atoms with Gasteiger partial charge in [0.05, 0.1) is 24.7 Å². The molecule has 8 heteroatoms. The summed E-state index contributed by atoms with van der Waals surface area (Å²) in [5, 5.41) is 0.475. The van der Waals surface area contributed by atoms with E-state index in [4.69, 9.17) is 5.73 Å². The van der Waals surface area contributed by atoms with Crippen LogP contribution in [0.3, 0.4) is 0 Å². The van der Waals surface area contributed by atoms with Crippen LogP contribution in [-0.4, -0.2) is 28.5 Å². The minimum atomic E-state index is -0.843. The first-order chi connectivity index (χ1) is 11.5. The fourth-order valence-electron chi connectivity index (χ4n) is 2.72. The van der Waals surface area contributed by atoms with Gasteiger partial charge in [0.25, 0.3) is 0 Å². The zero-order chi connectivity index (χ0) is 17.3. The van der Waals surface area contributed by atoms with Gasteiger partial charge in [0.1, 0.15) is 11.5 Å². The zero-order valence-corrected chi connectivity index (χ0v) is 18.9.